The van der Waals surface area contributed by atoms with Gasteiger partial charge in [-0.2, -0.15) is 18.3 Å². The molecular formula is C28H24F4N8O2. The molecule has 1 amide bonds. The molecule has 2 atom stereocenters. The molecule has 0 spiro atoms. The molecule has 1 fully saturated rings. The Kier molecular flexibility index (Phi) is 6.85. The van der Waals surface area contributed by atoms with Gasteiger partial charge in [0.25, 0.3) is 5.91 Å². The molecule has 5 heterocycles. The fraction of sp³-hybridized carbons (Fsp3) is 0.250. The molecule has 6 rings (SSSR count). The molecule has 3 N–H and O–H groups in total. The molecule has 0 aliphatic carbocycles. The maximum atomic E-state index is 15.1. The molecule has 4 aromatic heterocycles. The van der Waals surface area contributed by atoms with Gasteiger partial charge >= 0.3 is 6.18 Å². The van der Waals surface area contributed by atoms with Crippen molar-refractivity contribution in [3.63, 3.8) is 0 Å². The molecule has 42 heavy (non-hydrogen) atoms. The van der Waals surface area contributed by atoms with Crippen molar-refractivity contribution in [2.24, 2.45) is 0 Å². The largest absolute Gasteiger partial charge is 0.480 e. The number of likely N-dealkylation sites (tertiary alicyclic amines) is 1. The van der Waals surface area contributed by atoms with E-state index in [1.165, 1.54) is 19.4 Å². The summed E-state index contributed by atoms with van der Waals surface area (Å²) in [6.07, 6.45) is -2.12. The predicted octanol–water partition coefficient (Wildman–Crippen LogP) is 3.90. The summed E-state index contributed by atoms with van der Waals surface area (Å²) in [5.74, 6) is -1.12. The van der Waals surface area contributed by atoms with Gasteiger partial charge in [-0.25, -0.2) is 18.9 Å². The van der Waals surface area contributed by atoms with E-state index in [4.69, 9.17) is 10.5 Å². The smallest absolute Gasteiger partial charge is 0.418 e. The molecule has 1 saturated heterocycles. The number of nitrogen functional groups attached to an aromatic ring is 1. The maximum absolute atomic E-state index is 15.1. The second-order valence-electron chi connectivity index (χ2n) is 9.91. The minimum atomic E-state index is -4.74. The maximum Gasteiger partial charge on any atom is 0.418 e. The van der Waals surface area contributed by atoms with Crippen molar-refractivity contribution in [2.75, 3.05) is 25.9 Å². The van der Waals surface area contributed by atoms with Crippen LogP contribution < -0.4 is 15.8 Å². The highest BCUT2D eigenvalue weighted by Gasteiger charge is 2.37. The molecule has 0 bridgehead atoms. The van der Waals surface area contributed by atoms with Gasteiger partial charge in [-0.3, -0.25) is 14.7 Å². The molecule has 1 aliphatic rings. The zero-order valence-corrected chi connectivity index (χ0v) is 22.1. The highest BCUT2D eigenvalue weighted by Crippen LogP contribution is 2.39. The molecule has 0 radical (unpaired) electrons. The molecule has 1 aliphatic heterocycles. The van der Waals surface area contributed by atoms with Gasteiger partial charge < -0.3 is 15.8 Å². The summed E-state index contributed by atoms with van der Waals surface area (Å²) >= 11 is 0. The van der Waals surface area contributed by atoms with E-state index in [2.05, 4.69) is 25.4 Å². The van der Waals surface area contributed by atoms with Crippen LogP contribution >= 0.6 is 0 Å². The number of carbonyl (C=O) groups excluding carboxylic acids is 1. The van der Waals surface area contributed by atoms with E-state index in [1.807, 2.05) is 35.2 Å². The lowest BCUT2D eigenvalue weighted by Crippen LogP contribution is -2.41. The Morgan fingerprint density at radius 3 is 2.74 bits per heavy atom. The number of halogens is 4. The Morgan fingerprint density at radius 1 is 1.14 bits per heavy atom. The number of benzene rings is 1. The number of nitrogens with zero attached hydrogens (tertiary/aromatic N) is 6. The third-order valence-corrected chi connectivity index (χ3v) is 7.22. The van der Waals surface area contributed by atoms with Crippen molar-refractivity contribution < 1.29 is 27.1 Å². The van der Waals surface area contributed by atoms with Crippen molar-refractivity contribution in [3.8, 4) is 17.1 Å². The third-order valence-electron chi connectivity index (χ3n) is 7.22. The number of hydrogen-bond acceptors (Lipinski definition) is 8. The van der Waals surface area contributed by atoms with Crippen molar-refractivity contribution in [1.29, 1.82) is 0 Å². The van der Waals surface area contributed by atoms with Crippen LogP contribution in [0.25, 0.3) is 27.7 Å². The fourth-order valence-corrected chi connectivity index (χ4v) is 5.30. The van der Waals surface area contributed by atoms with E-state index < -0.39 is 35.4 Å². The zero-order valence-electron chi connectivity index (χ0n) is 22.1. The van der Waals surface area contributed by atoms with Gasteiger partial charge in [-0.15, -0.1) is 0 Å². The van der Waals surface area contributed by atoms with Gasteiger partial charge in [-0.05, 0) is 23.8 Å². The summed E-state index contributed by atoms with van der Waals surface area (Å²) in [5.41, 5.74) is 6.09. The Morgan fingerprint density at radius 2 is 1.95 bits per heavy atom. The van der Waals surface area contributed by atoms with E-state index in [-0.39, 0.29) is 41.6 Å². The van der Waals surface area contributed by atoms with Gasteiger partial charge in [0.05, 0.1) is 29.9 Å². The number of hydrogen-bond donors (Lipinski definition) is 2. The van der Waals surface area contributed by atoms with Crippen LogP contribution in [0.1, 0.15) is 21.5 Å². The van der Waals surface area contributed by atoms with Gasteiger partial charge in [0, 0.05) is 43.0 Å². The number of nitrogens with one attached hydrogen (secondary N) is 1. The zero-order chi connectivity index (χ0) is 29.6. The second kappa shape index (κ2) is 10.5. The number of methoxy groups -OCH3 is 1. The SMILES string of the molecule is COc1ncc(-c2cc(C(F)(F)F)c3c(N)ncnn23)cc1C(=O)NC1CN(Cc2cccc3cccnc23)CC1F. The minimum absolute atomic E-state index is 0.0188. The molecule has 216 valence electrons. The molecular weight excluding hydrogens is 556 g/mol. The fourth-order valence-electron chi connectivity index (χ4n) is 5.30. The van der Waals surface area contributed by atoms with E-state index in [1.54, 1.807) is 6.20 Å². The number of fused-ring (bicyclic) bond motifs is 2. The summed E-state index contributed by atoms with van der Waals surface area (Å²) < 4.78 is 62.7. The van der Waals surface area contributed by atoms with E-state index in [0.717, 1.165) is 33.4 Å². The first-order chi connectivity index (χ1) is 20.1. The number of rotatable bonds is 6. The first-order valence-corrected chi connectivity index (χ1v) is 12.9. The first kappa shape index (κ1) is 27.3. The van der Waals surface area contributed by atoms with Crippen LogP contribution in [0.15, 0.2) is 61.2 Å². The van der Waals surface area contributed by atoms with Crippen molar-refractivity contribution in [2.45, 2.75) is 24.9 Å². The molecule has 1 aromatic carbocycles. The number of para-hydroxylation sites is 1. The Hall–Kier alpha value is -4.85. The summed E-state index contributed by atoms with van der Waals surface area (Å²) in [6, 6.07) is 10.9. The third kappa shape index (κ3) is 4.93. The Bertz CT molecular complexity index is 1800. The lowest BCUT2D eigenvalue weighted by molar-refractivity contribution is -0.136. The number of alkyl halides is 4. The number of amides is 1. The van der Waals surface area contributed by atoms with E-state index in [9.17, 15) is 18.0 Å². The molecule has 2 unspecified atom stereocenters. The average molecular weight is 581 g/mol. The lowest BCUT2D eigenvalue weighted by atomic mass is 10.1. The van der Waals surface area contributed by atoms with Crippen molar-refractivity contribution in [1.82, 2.24) is 34.8 Å². The Labute approximate surface area is 236 Å². The highest BCUT2D eigenvalue weighted by atomic mass is 19.4. The molecule has 10 nitrogen and oxygen atoms in total. The van der Waals surface area contributed by atoms with Crippen LogP contribution in [-0.4, -0.2) is 67.8 Å². The Balaban J connectivity index is 1.26. The van der Waals surface area contributed by atoms with Gasteiger partial charge in [-0.1, -0.05) is 24.3 Å². The number of carbonyl (C=O) groups is 1. The minimum Gasteiger partial charge on any atom is -0.480 e. The van der Waals surface area contributed by atoms with E-state index in [0.29, 0.717) is 6.54 Å². The number of nitrogens with two attached hydrogens (primary N) is 1. The van der Waals surface area contributed by atoms with Crippen molar-refractivity contribution in [3.05, 3.63) is 77.9 Å². The van der Waals surface area contributed by atoms with Crippen LogP contribution in [-0.2, 0) is 12.7 Å². The topological polar surface area (TPSA) is 124 Å². The standard InChI is InChI=1S/C28H24F4N8O2/c1-42-27-18(8-17(10-35-27)22-9-19(28(30,31)32)24-25(33)36-14-37-40(22)24)26(41)38-21-13-39(12-20(21)29)11-16-5-2-4-15-6-3-7-34-23(15)16/h2-10,14,20-21H,11-13H2,1H3,(H,38,41)(H2,33,36,37). The monoisotopic (exact) mass is 580 g/mol. The van der Waals surface area contributed by atoms with E-state index >= 15 is 4.39 Å². The highest BCUT2D eigenvalue weighted by molar-refractivity contribution is 5.98. The summed E-state index contributed by atoms with van der Waals surface area (Å²) in [7, 11) is 1.30. The number of pyridine rings is 2. The summed E-state index contributed by atoms with van der Waals surface area (Å²) in [5, 5.41) is 7.61. The first-order valence-electron chi connectivity index (χ1n) is 12.9. The number of anilines is 1. The number of ether oxygens (including phenoxy) is 1. The lowest BCUT2D eigenvalue weighted by Gasteiger charge is -2.18. The quantitative estimate of drug-likeness (QED) is 0.290. The van der Waals surface area contributed by atoms with Crippen LogP contribution in [0, 0.1) is 0 Å². The summed E-state index contributed by atoms with van der Waals surface area (Å²) in [6.45, 7) is 0.774. The number of aromatic nitrogens is 5. The van der Waals surface area contributed by atoms with Crippen LogP contribution in [0.3, 0.4) is 0 Å². The van der Waals surface area contributed by atoms with Gasteiger partial charge in [0.2, 0.25) is 5.88 Å². The van der Waals surface area contributed by atoms with Crippen LogP contribution in [0.2, 0.25) is 0 Å². The molecule has 14 heteroatoms. The van der Waals surface area contributed by atoms with Crippen LogP contribution in [0.4, 0.5) is 23.4 Å². The summed E-state index contributed by atoms with van der Waals surface area (Å²) in [4.78, 5) is 27.5. The molecule has 5 aromatic rings. The predicted molar refractivity (Wildman–Crippen MR) is 145 cm³/mol. The normalized spacial score (nSPS) is 17.6. The van der Waals surface area contributed by atoms with Gasteiger partial charge in [0.15, 0.2) is 5.82 Å². The average Bonchev–Trinajstić information content (AvgIpc) is 3.54. The molecule has 0 saturated carbocycles. The van der Waals surface area contributed by atoms with Crippen LogP contribution in [0.5, 0.6) is 5.88 Å². The second-order valence-corrected chi connectivity index (χ2v) is 9.91. The van der Waals surface area contributed by atoms with Crippen molar-refractivity contribution >= 4 is 28.1 Å². The van der Waals surface area contributed by atoms with Gasteiger partial charge in [0.1, 0.15) is 23.6 Å².